The van der Waals surface area contributed by atoms with Gasteiger partial charge in [0.25, 0.3) is 5.69 Å². The molecular weight excluding hydrogens is 275 g/mol. The van der Waals surface area contributed by atoms with Crippen molar-refractivity contribution in [2.45, 2.75) is 6.18 Å². The molecule has 0 saturated carbocycles. The van der Waals surface area contributed by atoms with Crippen molar-refractivity contribution in [2.75, 3.05) is 0 Å². The fourth-order valence-corrected chi connectivity index (χ4v) is 1.16. The summed E-state index contributed by atoms with van der Waals surface area (Å²) in [6.45, 7) is 0. The quantitative estimate of drug-likeness (QED) is 0.543. The number of carbonyl (C=O) groups is 1. The van der Waals surface area contributed by atoms with E-state index in [0.29, 0.717) is 4.68 Å². The van der Waals surface area contributed by atoms with Crippen LogP contribution in [0.2, 0.25) is 0 Å². The van der Waals surface area contributed by atoms with Crippen LogP contribution in [0.1, 0.15) is 5.69 Å². The lowest BCUT2D eigenvalue weighted by molar-refractivity contribution is -0.394. The Hall–Kier alpha value is -2.86. The second-order valence-corrected chi connectivity index (χ2v) is 3.06. The van der Waals surface area contributed by atoms with Crippen LogP contribution in [0.5, 0.6) is 0 Å². The minimum Gasteiger partial charge on any atom is -0.358 e. The minimum absolute atomic E-state index is 0.114. The average molecular weight is 277 g/mol. The van der Waals surface area contributed by atoms with Gasteiger partial charge in [0, 0.05) is 5.21 Å². The first-order valence-electron chi connectivity index (χ1n) is 4.40. The smallest absolute Gasteiger partial charge is 0.358 e. The van der Waals surface area contributed by atoms with Crippen molar-refractivity contribution in [3.63, 3.8) is 0 Å². The van der Waals surface area contributed by atoms with Crippen LogP contribution >= 0.6 is 0 Å². The van der Waals surface area contributed by atoms with Gasteiger partial charge in [0.1, 0.15) is 0 Å². The Morgan fingerprint density at radius 2 is 2.05 bits per heavy atom. The Bertz CT molecular complexity index is 631. The van der Waals surface area contributed by atoms with E-state index in [4.69, 9.17) is 0 Å². The van der Waals surface area contributed by atoms with E-state index in [0.717, 1.165) is 12.4 Å². The highest BCUT2D eigenvalue weighted by Crippen LogP contribution is 2.33. The van der Waals surface area contributed by atoms with E-state index < -0.39 is 28.6 Å². The molecule has 19 heavy (non-hydrogen) atoms. The van der Waals surface area contributed by atoms with E-state index in [-0.39, 0.29) is 4.68 Å². The molecule has 0 unspecified atom stereocenters. The van der Waals surface area contributed by atoms with Crippen LogP contribution in [0.3, 0.4) is 0 Å². The molecule has 0 aromatic carbocycles. The standard InChI is InChI=1S/C6H2F3N7O3/c7-6(8,9)3-4(16(18)19)15(13-11-3)5(17)14-2-1-10-12-14/h1-2H. The Labute approximate surface area is 100 Å². The van der Waals surface area contributed by atoms with Gasteiger partial charge in [0.15, 0.2) is 0 Å². The summed E-state index contributed by atoms with van der Waals surface area (Å²) in [5.41, 5.74) is -1.87. The molecule has 2 heterocycles. The third kappa shape index (κ3) is 2.12. The second kappa shape index (κ2) is 4.11. The molecule has 0 aliphatic heterocycles. The summed E-state index contributed by atoms with van der Waals surface area (Å²) in [7, 11) is 0. The number of aromatic nitrogens is 6. The van der Waals surface area contributed by atoms with Gasteiger partial charge in [0.2, 0.25) is 0 Å². The van der Waals surface area contributed by atoms with E-state index in [1.54, 1.807) is 0 Å². The number of nitrogens with zero attached hydrogens (tertiary/aromatic N) is 7. The summed E-state index contributed by atoms with van der Waals surface area (Å²) >= 11 is 0. The van der Waals surface area contributed by atoms with Gasteiger partial charge in [-0.15, -0.1) is 9.78 Å². The summed E-state index contributed by atoms with van der Waals surface area (Å²) in [5, 5.41) is 22.5. The number of rotatable bonds is 1. The Kier molecular flexibility index (Phi) is 2.72. The molecule has 100 valence electrons. The van der Waals surface area contributed by atoms with E-state index >= 15 is 0 Å². The van der Waals surface area contributed by atoms with Gasteiger partial charge in [-0.1, -0.05) is 10.3 Å². The fourth-order valence-electron chi connectivity index (χ4n) is 1.16. The number of halogens is 3. The Morgan fingerprint density at radius 1 is 1.37 bits per heavy atom. The predicted molar refractivity (Wildman–Crippen MR) is 47.9 cm³/mol. The van der Waals surface area contributed by atoms with Crippen LogP contribution in [-0.4, -0.2) is 40.9 Å². The Balaban J connectivity index is 2.57. The number of hydrogen-bond acceptors (Lipinski definition) is 7. The summed E-state index contributed by atoms with van der Waals surface area (Å²) in [6.07, 6.45) is -3.06. The second-order valence-electron chi connectivity index (χ2n) is 3.06. The zero-order chi connectivity index (χ0) is 14.2. The zero-order valence-electron chi connectivity index (χ0n) is 8.64. The molecule has 0 aliphatic carbocycles. The van der Waals surface area contributed by atoms with Gasteiger partial charge in [-0.2, -0.15) is 13.2 Å². The topological polar surface area (TPSA) is 122 Å². The molecule has 0 radical (unpaired) electrons. The molecule has 0 spiro atoms. The molecule has 0 amide bonds. The van der Waals surface area contributed by atoms with Gasteiger partial charge in [0.05, 0.1) is 12.4 Å². The van der Waals surface area contributed by atoms with E-state index in [1.165, 1.54) is 0 Å². The highest BCUT2D eigenvalue weighted by molar-refractivity contribution is 5.79. The molecule has 10 nitrogen and oxygen atoms in total. The van der Waals surface area contributed by atoms with Crippen molar-refractivity contribution < 1.29 is 22.9 Å². The zero-order valence-corrected chi connectivity index (χ0v) is 8.64. The third-order valence-corrected chi connectivity index (χ3v) is 1.89. The molecule has 0 N–H and O–H groups in total. The summed E-state index contributed by atoms with van der Waals surface area (Å²) in [5.74, 6) is -1.59. The van der Waals surface area contributed by atoms with E-state index in [2.05, 4.69) is 20.6 Å². The minimum atomic E-state index is -5.11. The summed E-state index contributed by atoms with van der Waals surface area (Å²) in [4.78, 5) is 20.8. The molecule has 2 aromatic heterocycles. The van der Waals surface area contributed by atoms with Crippen molar-refractivity contribution in [2.24, 2.45) is 0 Å². The molecular formula is C6H2F3N7O3. The van der Waals surface area contributed by atoms with Crippen LogP contribution in [-0.2, 0) is 6.18 Å². The van der Waals surface area contributed by atoms with Crippen LogP contribution in [0.4, 0.5) is 23.8 Å². The molecule has 2 aromatic rings. The van der Waals surface area contributed by atoms with Crippen molar-refractivity contribution in [3.05, 3.63) is 28.2 Å². The fraction of sp³-hybridized carbons (Fsp3) is 0.167. The van der Waals surface area contributed by atoms with Crippen LogP contribution < -0.4 is 0 Å². The van der Waals surface area contributed by atoms with Gasteiger partial charge in [-0.05, 0) is 9.61 Å². The molecule has 13 heteroatoms. The van der Waals surface area contributed by atoms with Crippen LogP contribution in [0.15, 0.2) is 12.4 Å². The number of carbonyl (C=O) groups excluding carboxylic acids is 1. The molecule has 0 aliphatic rings. The summed E-state index contributed by atoms with van der Waals surface area (Å²) < 4.78 is 37.7. The maximum absolute atomic E-state index is 12.5. The highest BCUT2D eigenvalue weighted by atomic mass is 19.4. The van der Waals surface area contributed by atoms with Crippen molar-refractivity contribution in [1.82, 2.24) is 30.0 Å². The predicted octanol–water partition coefficient (Wildman–Crippen LogP) is 0.313. The summed E-state index contributed by atoms with van der Waals surface area (Å²) in [6, 6.07) is -1.31. The number of alkyl halides is 3. The lowest BCUT2D eigenvalue weighted by Gasteiger charge is -2.01. The maximum atomic E-state index is 12.5. The lowest BCUT2D eigenvalue weighted by Crippen LogP contribution is -2.23. The molecule has 0 fully saturated rings. The average Bonchev–Trinajstić information content (AvgIpc) is 2.96. The monoisotopic (exact) mass is 277 g/mol. The maximum Gasteiger partial charge on any atom is 0.464 e. The molecule has 2 rings (SSSR count). The molecule has 0 bridgehead atoms. The van der Waals surface area contributed by atoms with Gasteiger partial charge >= 0.3 is 18.0 Å². The van der Waals surface area contributed by atoms with Crippen LogP contribution in [0.25, 0.3) is 0 Å². The highest BCUT2D eigenvalue weighted by Gasteiger charge is 2.46. The van der Waals surface area contributed by atoms with Gasteiger partial charge < -0.3 is 10.1 Å². The van der Waals surface area contributed by atoms with Crippen molar-refractivity contribution >= 4 is 11.8 Å². The largest absolute Gasteiger partial charge is 0.464 e. The first kappa shape index (κ1) is 12.6. The van der Waals surface area contributed by atoms with Crippen LogP contribution in [0, 0.1) is 10.1 Å². The van der Waals surface area contributed by atoms with E-state index in [1.807, 2.05) is 0 Å². The first-order valence-corrected chi connectivity index (χ1v) is 4.40. The molecule has 0 saturated heterocycles. The first-order chi connectivity index (χ1) is 8.82. The third-order valence-electron chi connectivity index (χ3n) is 1.89. The van der Waals surface area contributed by atoms with E-state index in [9.17, 15) is 28.1 Å². The van der Waals surface area contributed by atoms with Gasteiger partial charge in [-0.25, -0.2) is 4.79 Å². The number of nitro groups is 1. The van der Waals surface area contributed by atoms with Crippen molar-refractivity contribution in [1.29, 1.82) is 0 Å². The lowest BCUT2D eigenvalue weighted by atomic mass is 10.4. The molecule has 0 atom stereocenters. The SMILES string of the molecule is O=C(n1ccnn1)n1nnc(C(F)(F)F)c1[N+](=O)[O-]. The van der Waals surface area contributed by atoms with Gasteiger partial charge in [-0.3, -0.25) is 0 Å². The van der Waals surface area contributed by atoms with Crippen molar-refractivity contribution in [3.8, 4) is 0 Å². The number of hydrogen-bond donors (Lipinski definition) is 0. The Morgan fingerprint density at radius 3 is 2.53 bits per heavy atom. The normalized spacial score (nSPS) is 11.5.